The number of methoxy groups -OCH3 is 1. The monoisotopic (exact) mass is 625 g/mol. The van der Waals surface area contributed by atoms with Crippen molar-refractivity contribution in [3.05, 3.63) is 64.1 Å². The fourth-order valence-corrected chi connectivity index (χ4v) is 5.05. The van der Waals surface area contributed by atoms with Gasteiger partial charge in [0.1, 0.15) is 35.8 Å². The van der Waals surface area contributed by atoms with Crippen molar-refractivity contribution in [1.82, 2.24) is 10.2 Å². The van der Waals surface area contributed by atoms with Crippen LogP contribution in [0.4, 0.5) is 10.5 Å². The van der Waals surface area contributed by atoms with E-state index >= 15 is 0 Å². The highest BCUT2D eigenvalue weighted by Crippen LogP contribution is 2.38. The average molecular weight is 627 g/mol. The molecule has 1 unspecified atom stereocenters. The SMILES string of the molecule is COc1ccc2cc(Br)ccc2c1CN1C(=O)C(NC(=O)[C@H](C)N(C)C(=O)OC(C)(C)C)COc2c(C)cccc21. The van der Waals surface area contributed by atoms with E-state index in [9.17, 15) is 14.4 Å². The molecular weight excluding hydrogens is 590 g/mol. The van der Waals surface area contributed by atoms with Crippen LogP contribution >= 0.6 is 15.9 Å². The maximum Gasteiger partial charge on any atom is 0.410 e. The third-order valence-electron chi connectivity index (χ3n) is 6.99. The number of nitrogens with zero attached hydrogens (tertiary/aromatic N) is 2. The lowest BCUT2D eigenvalue weighted by Crippen LogP contribution is -2.55. The van der Waals surface area contributed by atoms with Crippen molar-refractivity contribution in [2.24, 2.45) is 0 Å². The summed E-state index contributed by atoms with van der Waals surface area (Å²) in [6, 6.07) is 13.5. The highest BCUT2D eigenvalue weighted by molar-refractivity contribution is 9.10. The lowest BCUT2D eigenvalue weighted by atomic mass is 10.0. The van der Waals surface area contributed by atoms with Gasteiger partial charge in [-0.2, -0.15) is 0 Å². The fourth-order valence-electron chi connectivity index (χ4n) is 4.67. The summed E-state index contributed by atoms with van der Waals surface area (Å²) in [5, 5.41) is 4.73. The summed E-state index contributed by atoms with van der Waals surface area (Å²) >= 11 is 3.53. The number of halogens is 1. The van der Waals surface area contributed by atoms with Crippen molar-refractivity contribution < 1.29 is 28.6 Å². The van der Waals surface area contributed by atoms with Gasteiger partial charge in [-0.05, 0) is 75.2 Å². The topological polar surface area (TPSA) is 97.4 Å². The molecule has 0 radical (unpaired) electrons. The molecule has 1 N–H and O–H groups in total. The second-order valence-corrected chi connectivity index (χ2v) is 12.0. The van der Waals surface area contributed by atoms with Gasteiger partial charge in [0.25, 0.3) is 5.91 Å². The summed E-state index contributed by atoms with van der Waals surface area (Å²) in [5.41, 5.74) is 1.57. The largest absolute Gasteiger partial charge is 0.496 e. The van der Waals surface area contributed by atoms with E-state index in [-0.39, 0.29) is 19.1 Å². The van der Waals surface area contributed by atoms with Crippen LogP contribution in [-0.2, 0) is 20.9 Å². The number of rotatable bonds is 6. The minimum absolute atomic E-state index is 0.0680. The van der Waals surface area contributed by atoms with Gasteiger partial charge in [0.05, 0.1) is 19.3 Å². The Morgan fingerprint density at radius 3 is 2.61 bits per heavy atom. The van der Waals surface area contributed by atoms with E-state index in [2.05, 4.69) is 21.2 Å². The molecule has 3 aromatic rings. The number of benzene rings is 3. The number of carbonyl (C=O) groups is 3. The number of hydrogen-bond donors (Lipinski definition) is 1. The van der Waals surface area contributed by atoms with E-state index in [0.717, 1.165) is 26.4 Å². The molecule has 0 aliphatic carbocycles. The third-order valence-corrected chi connectivity index (χ3v) is 7.48. The molecule has 1 aliphatic rings. The second-order valence-electron chi connectivity index (χ2n) is 11.1. The maximum atomic E-state index is 14.1. The number of aryl methyl sites for hydroxylation is 1. The van der Waals surface area contributed by atoms with Crippen LogP contribution in [0.2, 0.25) is 0 Å². The number of hydrogen-bond acceptors (Lipinski definition) is 6. The number of anilines is 1. The molecule has 4 rings (SSSR count). The van der Waals surface area contributed by atoms with E-state index in [1.165, 1.54) is 11.9 Å². The number of para-hydroxylation sites is 1. The summed E-state index contributed by atoms with van der Waals surface area (Å²) < 4.78 is 18.2. The molecule has 0 saturated carbocycles. The number of nitrogens with one attached hydrogen (secondary N) is 1. The highest BCUT2D eigenvalue weighted by atomic mass is 79.9. The van der Waals surface area contributed by atoms with Crippen LogP contribution in [0.25, 0.3) is 10.8 Å². The van der Waals surface area contributed by atoms with Crippen molar-refractivity contribution >= 4 is 50.3 Å². The van der Waals surface area contributed by atoms with Crippen molar-refractivity contribution in [2.45, 2.75) is 58.8 Å². The number of fused-ring (bicyclic) bond motifs is 2. The van der Waals surface area contributed by atoms with Crippen LogP contribution in [0.1, 0.15) is 38.8 Å². The molecule has 0 saturated heterocycles. The Kier molecular flexibility index (Phi) is 8.82. The molecule has 0 bridgehead atoms. The summed E-state index contributed by atoms with van der Waals surface area (Å²) in [5.74, 6) is 0.361. The first-order valence-corrected chi connectivity index (χ1v) is 14.1. The van der Waals surface area contributed by atoms with E-state index in [1.54, 1.807) is 39.7 Å². The predicted octanol–water partition coefficient (Wildman–Crippen LogP) is 5.59. The Bertz CT molecular complexity index is 1480. The van der Waals surface area contributed by atoms with Gasteiger partial charge in [-0.25, -0.2) is 4.79 Å². The first-order chi connectivity index (χ1) is 19.3. The van der Waals surface area contributed by atoms with Gasteiger partial charge in [-0.3, -0.25) is 14.5 Å². The molecule has 9 nitrogen and oxygen atoms in total. The molecule has 3 aromatic carbocycles. The molecule has 3 amide bonds. The van der Waals surface area contributed by atoms with Crippen molar-refractivity contribution in [1.29, 1.82) is 0 Å². The standard InChI is InChI=1S/C31H36BrN3O6/c1-18-9-8-10-25-27(18)40-17-24(33-28(36)19(2)34(6)30(38)41-31(3,4)5)29(37)35(25)16-23-22-13-12-21(32)15-20(22)11-14-26(23)39-7/h8-15,19,24H,16-17H2,1-7H3,(H,33,36)/t19-,24?/m0/s1. The predicted molar refractivity (Wildman–Crippen MR) is 161 cm³/mol. The van der Waals surface area contributed by atoms with Gasteiger partial charge >= 0.3 is 6.09 Å². The number of carbonyl (C=O) groups excluding carboxylic acids is 3. The maximum absolute atomic E-state index is 14.1. The normalized spacial score (nSPS) is 15.9. The molecule has 1 aliphatic heterocycles. The molecule has 0 fully saturated rings. The van der Waals surface area contributed by atoms with Crippen molar-refractivity contribution in [2.75, 3.05) is 25.7 Å². The van der Waals surface area contributed by atoms with Gasteiger partial charge in [0.15, 0.2) is 0 Å². The lowest BCUT2D eigenvalue weighted by molar-refractivity contribution is -0.130. The van der Waals surface area contributed by atoms with E-state index in [1.807, 2.05) is 55.5 Å². The van der Waals surface area contributed by atoms with Crippen molar-refractivity contribution in [3.63, 3.8) is 0 Å². The van der Waals surface area contributed by atoms with Gasteiger partial charge in [0.2, 0.25) is 5.91 Å². The molecule has 218 valence electrons. The Hall–Kier alpha value is -3.79. The minimum atomic E-state index is -1.00. The van der Waals surface area contributed by atoms with Crippen LogP contribution in [0.3, 0.4) is 0 Å². The van der Waals surface area contributed by atoms with Gasteiger partial charge in [-0.15, -0.1) is 0 Å². The Morgan fingerprint density at radius 2 is 1.93 bits per heavy atom. The Labute approximate surface area is 248 Å². The van der Waals surface area contributed by atoms with Crippen molar-refractivity contribution in [3.8, 4) is 11.5 Å². The first kappa shape index (κ1) is 30.2. The fraction of sp³-hybridized carbons (Fsp3) is 0.387. The third kappa shape index (κ3) is 6.59. The second kappa shape index (κ2) is 12.0. The van der Waals surface area contributed by atoms with Crippen LogP contribution < -0.4 is 19.7 Å². The minimum Gasteiger partial charge on any atom is -0.496 e. The van der Waals surface area contributed by atoms with Crippen LogP contribution in [0.5, 0.6) is 11.5 Å². The van der Waals surface area contributed by atoms with E-state index in [0.29, 0.717) is 17.2 Å². The molecule has 2 atom stereocenters. The lowest BCUT2D eigenvalue weighted by Gasteiger charge is -2.30. The Morgan fingerprint density at radius 1 is 1.20 bits per heavy atom. The molecular formula is C31H36BrN3O6. The zero-order valence-electron chi connectivity index (χ0n) is 24.4. The summed E-state index contributed by atoms with van der Waals surface area (Å²) in [7, 11) is 3.08. The smallest absolute Gasteiger partial charge is 0.410 e. The highest BCUT2D eigenvalue weighted by Gasteiger charge is 2.36. The number of amides is 3. The zero-order valence-corrected chi connectivity index (χ0v) is 26.0. The van der Waals surface area contributed by atoms with E-state index in [4.69, 9.17) is 14.2 Å². The average Bonchev–Trinajstić information content (AvgIpc) is 3.04. The van der Waals surface area contributed by atoms with E-state index < -0.39 is 29.7 Å². The van der Waals surface area contributed by atoms with Gasteiger partial charge in [-0.1, -0.05) is 40.2 Å². The summed E-state index contributed by atoms with van der Waals surface area (Å²) in [6.07, 6.45) is -0.636. The molecule has 41 heavy (non-hydrogen) atoms. The van der Waals surface area contributed by atoms with Gasteiger partial charge < -0.3 is 24.4 Å². The Balaban J connectivity index is 1.68. The van der Waals surface area contributed by atoms with Crippen LogP contribution in [0, 0.1) is 6.92 Å². The molecule has 1 heterocycles. The number of ether oxygens (including phenoxy) is 3. The van der Waals surface area contributed by atoms with Crippen LogP contribution in [-0.4, -0.2) is 61.3 Å². The molecule has 0 aromatic heterocycles. The zero-order chi connectivity index (χ0) is 30.1. The number of likely N-dealkylation sites (N-methyl/N-ethyl adjacent to an activating group) is 1. The van der Waals surface area contributed by atoms with Crippen LogP contribution in [0.15, 0.2) is 53.0 Å². The quantitative estimate of drug-likeness (QED) is 0.384. The molecule has 0 spiro atoms. The summed E-state index contributed by atoms with van der Waals surface area (Å²) in [4.78, 5) is 42.8. The first-order valence-electron chi connectivity index (χ1n) is 13.4. The molecule has 10 heteroatoms. The summed E-state index contributed by atoms with van der Waals surface area (Å²) in [6.45, 7) is 8.86. The van der Waals surface area contributed by atoms with Gasteiger partial charge in [0, 0.05) is 17.1 Å².